The van der Waals surface area contributed by atoms with Gasteiger partial charge in [0.05, 0.1) is 25.3 Å². The standard InChI is InChI=1S/C20H23N3O2/c1-3-8-16(9-4-1)14-19-21-22-20(25-19)15-23-12-6-2-5-10-17(23)18-11-7-13-24-18/h1,3-4,7-9,11,13,17H,2,5-6,10,12,14-15H2. The minimum atomic E-state index is 0.293. The molecule has 25 heavy (non-hydrogen) atoms. The van der Waals surface area contributed by atoms with E-state index in [4.69, 9.17) is 8.83 Å². The normalized spacial score (nSPS) is 19.0. The first-order chi connectivity index (χ1) is 12.4. The molecule has 0 N–H and O–H groups in total. The maximum absolute atomic E-state index is 5.90. The van der Waals surface area contributed by atoms with E-state index in [2.05, 4.69) is 33.3 Å². The number of likely N-dealkylation sites (tertiary alicyclic amines) is 1. The predicted octanol–water partition coefficient (Wildman–Crippen LogP) is 4.37. The third-order valence-electron chi connectivity index (χ3n) is 4.78. The van der Waals surface area contributed by atoms with Gasteiger partial charge in [0.1, 0.15) is 5.76 Å². The molecule has 3 aromatic rings. The summed E-state index contributed by atoms with van der Waals surface area (Å²) < 4.78 is 11.6. The van der Waals surface area contributed by atoms with Crippen LogP contribution in [0.5, 0.6) is 0 Å². The summed E-state index contributed by atoms with van der Waals surface area (Å²) in [5.41, 5.74) is 1.18. The Bertz CT molecular complexity index is 767. The molecule has 1 aliphatic heterocycles. The van der Waals surface area contributed by atoms with E-state index in [9.17, 15) is 0 Å². The predicted molar refractivity (Wildman–Crippen MR) is 93.9 cm³/mol. The van der Waals surface area contributed by atoms with E-state index in [1.807, 2.05) is 24.3 Å². The van der Waals surface area contributed by atoms with Gasteiger partial charge in [0.15, 0.2) is 0 Å². The molecule has 1 unspecified atom stereocenters. The highest BCUT2D eigenvalue weighted by atomic mass is 16.4. The fourth-order valence-corrected chi connectivity index (χ4v) is 3.53. The summed E-state index contributed by atoms with van der Waals surface area (Å²) in [5, 5.41) is 8.49. The van der Waals surface area contributed by atoms with Gasteiger partial charge in [-0.1, -0.05) is 43.2 Å². The van der Waals surface area contributed by atoms with Crippen LogP contribution >= 0.6 is 0 Å². The Morgan fingerprint density at radius 2 is 1.84 bits per heavy atom. The Morgan fingerprint density at radius 1 is 0.960 bits per heavy atom. The van der Waals surface area contributed by atoms with Gasteiger partial charge in [-0.05, 0) is 37.1 Å². The van der Waals surface area contributed by atoms with Crippen molar-refractivity contribution in [2.75, 3.05) is 6.54 Å². The van der Waals surface area contributed by atoms with Crippen molar-refractivity contribution in [1.82, 2.24) is 15.1 Å². The molecule has 1 saturated heterocycles. The molecule has 5 nitrogen and oxygen atoms in total. The Kier molecular flexibility index (Phi) is 4.93. The Morgan fingerprint density at radius 3 is 2.68 bits per heavy atom. The Hall–Kier alpha value is -2.40. The molecule has 0 aliphatic carbocycles. The van der Waals surface area contributed by atoms with Crippen LogP contribution < -0.4 is 0 Å². The maximum Gasteiger partial charge on any atom is 0.230 e. The molecule has 1 aliphatic rings. The smallest absolute Gasteiger partial charge is 0.230 e. The average Bonchev–Trinajstić information content (AvgIpc) is 3.26. The van der Waals surface area contributed by atoms with Crippen molar-refractivity contribution in [3.8, 4) is 0 Å². The van der Waals surface area contributed by atoms with Crippen LogP contribution in [0.1, 0.15) is 54.8 Å². The molecule has 0 spiro atoms. The highest BCUT2D eigenvalue weighted by Crippen LogP contribution is 2.31. The van der Waals surface area contributed by atoms with Gasteiger partial charge in [0.25, 0.3) is 0 Å². The summed E-state index contributed by atoms with van der Waals surface area (Å²) >= 11 is 0. The highest BCUT2D eigenvalue weighted by Gasteiger charge is 2.26. The van der Waals surface area contributed by atoms with Crippen LogP contribution in [0.4, 0.5) is 0 Å². The maximum atomic E-state index is 5.90. The average molecular weight is 337 g/mol. The quantitative estimate of drug-likeness (QED) is 0.692. The van der Waals surface area contributed by atoms with E-state index in [1.165, 1.54) is 24.8 Å². The van der Waals surface area contributed by atoms with Gasteiger partial charge in [-0.2, -0.15) is 0 Å². The molecule has 1 aromatic carbocycles. The van der Waals surface area contributed by atoms with Crippen LogP contribution in [0.2, 0.25) is 0 Å². The molecule has 1 fully saturated rings. The summed E-state index contributed by atoms with van der Waals surface area (Å²) in [4.78, 5) is 2.41. The molecule has 0 radical (unpaired) electrons. The van der Waals surface area contributed by atoms with Crippen LogP contribution in [0.3, 0.4) is 0 Å². The molecule has 2 aromatic heterocycles. The molecular formula is C20H23N3O2. The summed E-state index contributed by atoms with van der Waals surface area (Å²) in [6, 6.07) is 14.5. The minimum absolute atomic E-state index is 0.293. The second-order valence-electron chi connectivity index (χ2n) is 6.60. The number of hydrogen-bond donors (Lipinski definition) is 0. The number of hydrogen-bond acceptors (Lipinski definition) is 5. The van der Waals surface area contributed by atoms with Crippen molar-refractivity contribution in [2.45, 2.75) is 44.7 Å². The summed E-state index contributed by atoms with van der Waals surface area (Å²) in [5.74, 6) is 2.39. The number of rotatable bonds is 5. The fraction of sp³-hybridized carbons (Fsp3) is 0.400. The number of benzene rings is 1. The Labute approximate surface area is 147 Å². The molecule has 4 rings (SSSR count). The number of aromatic nitrogens is 2. The van der Waals surface area contributed by atoms with Crippen molar-refractivity contribution >= 4 is 0 Å². The van der Waals surface area contributed by atoms with Gasteiger partial charge in [-0.15, -0.1) is 10.2 Å². The molecule has 0 amide bonds. The van der Waals surface area contributed by atoms with Crippen LogP contribution in [0.15, 0.2) is 57.6 Å². The zero-order valence-electron chi connectivity index (χ0n) is 14.3. The van der Waals surface area contributed by atoms with Gasteiger partial charge in [0, 0.05) is 0 Å². The molecule has 0 saturated carbocycles. The Balaban J connectivity index is 1.46. The zero-order chi connectivity index (χ0) is 16.9. The SMILES string of the molecule is c1ccc(Cc2nnc(CN3CCCCCC3c3ccco3)o2)cc1. The number of nitrogens with zero attached hydrogens (tertiary/aromatic N) is 3. The van der Waals surface area contributed by atoms with Gasteiger partial charge in [-0.3, -0.25) is 4.90 Å². The highest BCUT2D eigenvalue weighted by molar-refractivity contribution is 5.17. The van der Waals surface area contributed by atoms with Crippen molar-refractivity contribution < 1.29 is 8.83 Å². The molecule has 1 atom stereocenters. The van der Waals surface area contributed by atoms with Crippen LogP contribution in [0.25, 0.3) is 0 Å². The molecule has 5 heteroatoms. The van der Waals surface area contributed by atoms with Crippen LogP contribution in [-0.2, 0) is 13.0 Å². The first-order valence-corrected chi connectivity index (χ1v) is 9.01. The lowest BCUT2D eigenvalue weighted by Gasteiger charge is -2.26. The van der Waals surface area contributed by atoms with E-state index in [0.29, 0.717) is 30.8 Å². The topological polar surface area (TPSA) is 55.3 Å². The van der Waals surface area contributed by atoms with Crippen molar-refractivity contribution in [3.05, 3.63) is 71.8 Å². The van der Waals surface area contributed by atoms with Gasteiger partial charge in [0.2, 0.25) is 11.8 Å². The van der Waals surface area contributed by atoms with Crippen LogP contribution in [0, 0.1) is 0 Å². The lowest BCUT2D eigenvalue weighted by Crippen LogP contribution is -2.28. The van der Waals surface area contributed by atoms with Crippen LogP contribution in [-0.4, -0.2) is 21.6 Å². The summed E-state index contributed by atoms with van der Waals surface area (Å²) in [6.07, 6.45) is 7.22. The van der Waals surface area contributed by atoms with Crippen molar-refractivity contribution in [2.24, 2.45) is 0 Å². The van der Waals surface area contributed by atoms with Crippen molar-refractivity contribution in [3.63, 3.8) is 0 Å². The fourth-order valence-electron chi connectivity index (χ4n) is 3.53. The summed E-state index contributed by atoms with van der Waals surface area (Å²) in [7, 11) is 0. The van der Waals surface area contributed by atoms with E-state index >= 15 is 0 Å². The van der Waals surface area contributed by atoms with Gasteiger partial charge < -0.3 is 8.83 Å². The molecule has 3 heterocycles. The summed E-state index contributed by atoms with van der Waals surface area (Å²) in [6.45, 7) is 1.70. The largest absolute Gasteiger partial charge is 0.468 e. The third-order valence-corrected chi connectivity index (χ3v) is 4.78. The lowest BCUT2D eigenvalue weighted by molar-refractivity contribution is 0.154. The second kappa shape index (κ2) is 7.66. The van der Waals surface area contributed by atoms with E-state index in [-0.39, 0.29) is 0 Å². The number of furan rings is 1. The molecule has 130 valence electrons. The van der Waals surface area contributed by atoms with Gasteiger partial charge >= 0.3 is 0 Å². The van der Waals surface area contributed by atoms with Crippen molar-refractivity contribution in [1.29, 1.82) is 0 Å². The lowest BCUT2D eigenvalue weighted by atomic mass is 10.1. The van der Waals surface area contributed by atoms with E-state index in [0.717, 1.165) is 18.7 Å². The van der Waals surface area contributed by atoms with E-state index in [1.54, 1.807) is 6.26 Å². The zero-order valence-corrected chi connectivity index (χ0v) is 14.3. The molecule has 0 bridgehead atoms. The van der Waals surface area contributed by atoms with E-state index < -0.39 is 0 Å². The first-order valence-electron chi connectivity index (χ1n) is 9.01. The molecular weight excluding hydrogens is 314 g/mol. The monoisotopic (exact) mass is 337 g/mol. The second-order valence-corrected chi connectivity index (χ2v) is 6.60. The van der Waals surface area contributed by atoms with Gasteiger partial charge in [-0.25, -0.2) is 0 Å². The third kappa shape index (κ3) is 3.99. The first kappa shape index (κ1) is 16.1. The minimum Gasteiger partial charge on any atom is -0.468 e.